The number of nitriles is 1. The van der Waals surface area contributed by atoms with Crippen LogP contribution in [0, 0.1) is 18.3 Å². The predicted molar refractivity (Wildman–Crippen MR) is 57.6 cm³/mol. The highest BCUT2D eigenvalue weighted by atomic mass is 79.9. The monoisotopic (exact) mass is 237 g/mol. The summed E-state index contributed by atoms with van der Waals surface area (Å²) in [5, 5.41) is 8.58. The Morgan fingerprint density at radius 3 is 2.69 bits per heavy atom. The van der Waals surface area contributed by atoms with Crippen LogP contribution in [-0.4, -0.2) is 0 Å². The molecule has 0 N–H and O–H groups in total. The van der Waals surface area contributed by atoms with Gasteiger partial charge in [0.1, 0.15) is 0 Å². The summed E-state index contributed by atoms with van der Waals surface area (Å²) in [5.41, 5.74) is 3.61. The number of hydrogen-bond acceptors (Lipinski definition) is 1. The average molecular weight is 238 g/mol. The van der Waals surface area contributed by atoms with Gasteiger partial charge in [-0.3, -0.25) is 0 Å². The van der Waals surface area contributed by atoms with Crippen molar-refractivity contribution in [2.24, 2.45) is 0 Å². The van der Waals surface area contributed by atoms with E-state index in [0.717, 1.165) is 12.0 Å². The van der Waals surface area contributed by atoms with Crippen LogP contribution in [0.1, 0.15) is 23.6 Å². The zero-order chi connectivity index (χ0) is 9.84. The summed E-state index contributed by atoms with van der Waals surface area (Å²) in [7, 11) is 0. The van der Waals surface area contributed by atoms with Crippen LogP contribution in [-0.2, 0) is 12.8 Å². The highest BCUT2D eigenvalue weighted by Crippen LogP contribution is 2.23. The predicted octanol–water partition coefficient (Wildman–Crippen LogP) is 3.39. The van der Waals surface area contributed by atoms with Gasteiger partial charge in [-0.15, -0.1) is 0 Å². The molecule has 0 heterocycles. The summed E-state index contributed by atoms with van der Waals surface area (Å²) in [6.45, 7) is 4.18. The molecule has 0 aliphatic heterocycles. The van der Waals surface area contributed by atoms with E-state index in [4.69, 9.17) is 5.26 Å². The maximum atomic E-state index is 8.58. The van der Waals surface area contributed by atoms with E-state index in [0.29, 0.717) is 6.42 Å². The fourth-order valence-corrected chi connectivity index (χ4v) is 1.88. The molecule has 0 unspecified atom stereocenters. The van der Waals surface area contributed by atoms with Gasteiger partial charge >= 0.3 is 0 Å². The Labute approximate surface area is 87.5 Å². The molecule has 0 spiro atoms. The first-order chi connectivity index (χ1) is 6.19. The fraction of sp³-hybridized carbons (Fsp3) is 0.364. The van der Waals surface area contributed by atoms with Crippen LogP contribution >= 0.6 is 15.9 Å². The van der Waals surface area contributed by atoms with Crippen molar-refractivity contribution in [3.05, 3.63) is 33.3 Å². The third-order valence-electron chi connectivity index (χ3n) is 2.05. The lowest BCUT2D eigenvalue weighted by Gasteiger charge is -2.07. The third kappa shape index (κ3) is 2.32. The second-order valence-electron chi connectivity index (χ2n) is 3.07. The second kappa shape index (κ2) is 4.43. The van der Waals surface area contributed by atoms with Crippen molar-refractivity contribution in [1.82, 2.24) is 0 Å². The van der Waals surface area contributed by atoms with Gasteiger partial charge in [-0.2, -0.15) is 5.26 Å². The van der Waals surface area contributed by atoms with Crippen LogP contribution < -0.4 is 0 Å². The van der Waals surface area contributed by atoms with Gasteiger partial charge in [0.05, 0.1) is 12.5 Å². The Kier molecular flexibility index (Phi) is 3.50. The van der Waals surface area contributed by atoms with Gasteiger partial charge in [0.15, 0.2) is 0 Å². The number of aryl methyl sites for hydroxylation is 2. The van der Waals surface area contributed by atoms with E-state index in [-0.39, 0.29) is 0 Å². The molecule has 0 aliphatic carbocycles. The van der Waals surface area contributed by atoms with Crippen LogP contribution in [0.25, 0.3) is 0 Å². The molecule has 0 amide bonds. The molecule has 0 saturated heterocycles. The summed E-state index contributed by atoms with van der Waals surface area (Å²) in [4.78, 5) is 0. The minimum absolute atomic E-state index is 0.501. The lowest BCUT2D eigenvalue weighted by Crippen LogP contribution is -1.91. The van der Waals surface area contributed by atoms with Crippen molar-refractivity contribution in [3.8, 4) is 6.07 Å². The highest BCUT2D eigenvalue weighted by molar-refractivity contribution is 9.10. The number of rotatable bonds is 2. The number of hydrogen-bond donors (Lipinski definition) is 0. The van der Waals surface area contributed by atoms with Gasteiger partial charge in [0.25, 0.3) is 0 Å². The molecule has 1 aromatic carbocycles. The quantitative estimate of drug-likeness (QED) is 0.774. The Morgan fingerprint density at radius 1 is 1.46 bits per heavy atom. The molecule has 13 heavy (non-hydrogen) atoms. The molecule has 0 aromatic heterocycles. The van der Waals surface area contributed by atoms with E-state index >= 15 is 0 Å². The molecule has 0 saturated carbocycles. The van der Waals surface area contributed by atoms with Gasteiger partial charge in [-0.05, 0) is 30.0 Å². The maximum absolute atomic E-state index is 8.58. The molecule has 0 atom stereocenters. The Bertz CT molecular complexity index is 350. The molecular formula is C11H12BrN. The normalized spacial score (nSPS) is 9.69. The molecule has 0 radical (unpaired) electrons. The van der Waals surface area contributed by atoms with E-state index in [1.54, 1.807) is 0 Å². The van der Waals surface area contributed by atoms with Gasteiger partial charge in [0.2, 0.25) is 0 Å². The van der Waals surface area contributed by atoms with Crippen LogP contribution in [0.15, 0.2) is 16.6 Å². The first-order valence-corrected chi connectivity index (χ1v) is 5.13. The summed E-state index contributed by atoms with van der Waals surface area (Å²) < 4.78 is 1.18. The Hall–Kier alpha value is -0.810. The molecule has 1 aromatic rings. The minimum atomic E-state index is 0.501. The van der Waals surface area contributed by atoms with E-state index in [1.807, 2.05) is 0 Å². The largest absolute Gasteiger partial charge is 0.198 e. The SMILES string of the molecule is CCc1cc(CC#N)cc(C)c1Br. The summed E-state index contributed by atoms with van der Waals surface area (Å²) in [5.74, 6) is 0. The van der Waals surface area contributed by atoms with Gasteiger partial charge in [-0.1, -0.05) is 35.0 Å². The van der Waals surface area contributed by atoms with Crippen molar-refractivity contribution >= 4 is 15.9 Å². The minimum Gasteiger partial charge on any atom is -0.198 e. The van der Waals surface area contributed by atoms with Gasteiger partial charge < -0.3 is 0 Å². The molecule has 2 heteroatoms. The third-order valence-corrected chi connectivity index (χ3v) is 3.19. The molecule has 0 aliphatic rings. The summed E-state index contributed by atoms with van der Waals surface area (Å²) in [6, 6.07) is 6.33. The molecule has 68 valence electrons. The molecule has 1 rings (SSSR count). The zero-order valence-corrected chi connectivity index (χ0v) is 9.48. The van der Waals surface area contributed by atoms with E-state index in [2.05, 4.69) is 48.0 Å². The molecule has 0 fully saturated rings. The Balaban J connectivity index is 3.16. The van der Waals surface area contributed by atoms with E-state index in [1.165, 1.54) is 15.6 Å². The van der Waals surface area contributed by atoms with E-state index < -0.39 is 0 Å². The van der Waals surface area contributed by atoms with Gasteiger partial charge in [0, 0.05) is 4.47 Å². The molecular weight excluding hydrogens is 226 g/mol. The fourth-order valence-electron chi connectivity index (χ4n) is 1.37. The first-order valence-electron chi connectivity index (χ1n) is 4.34. The van der Waals surface area contributed by atoms with Crippen molar-refractivity contribution in [2.45, 2.75) is 26.7 Å². The lowest BCUT2D eigenvalue weighted by atomic mass is 10.0. The standard InChI is InChI=1S/C11H12BrN/c1-3-10-7-9(4-5-13)6-8(2)11(10)12/h6-7H,3-4H2,1-2H3. The maximum Gasteiger partial charge on any atom is 0.0669 e. The summed E-state index contributed by atoms with van der Waals surface area (Å²) >= 11 is 3.54. The number of nitrogens with zero attached hydrogens (tertiary/aromatic N) is 1. The Morgan fingerprint density at radius 2 is 2.15 bits per heavy atom. The topological polar surface area (TPSA) is 23.8 Å². The van der Waals surface area contributed by atoms with Crippen LogP contribution in [0.5, 0.6) is 0 Å². The van der Waals surface area contributed by atoms with Crippen molar-refractivity contribution in [1.29, 1.82) is 5.26 Å². The first kappa shape index (κ1) is 10.3. The van der Waals surface area contributed by atoms with Gasteiger partial charge in [-0.25, -0.2) is 0 Å². The van der Waals surface area contributed by atoms with Crippen LogP contribution in [0.3, 0.4) is 0 Å². The average Bonchev–Trinajstić information content (AvgIpc) is 2.11. The van der Waals surface area contributed by atoms with Crippen LogP contribution in [0.2, 0.25) is 0 Å². The highest BCUT2D eigenvalue weighted by Gasteiger charge is 2.03. The smallest absolute Gasteiger partial charge is 0.0669 e. The molecule has 0 bridgehead atoms. The summed E-state index contributed by atoms with van der Waals surface area (Å²) in [6.07, 6.45) is 1.50. The van der Waals surface area contributed by atoms with E-state index in [9.17, 15) is 0 Å². The number of benzene rings is 1. The van der Waals surface area contributed by atoms with Crippen molar-refractivity contribution in [2.75, 3.05) is 0 Å². The molecule has 1 nitrogen and oxygen atoms in total. The zero-order valence-electron chi connectivity index (χ0n) is 7.89. The van der Waals surface area contributed by atoms with Crippen molar-refractivity contribution in [3.63, 3.8) is 0 Å². The van der Waals surface area contributed by atoms with Crippen LogP contribution in [0.4, 0.5) is 0 Å². The second-order valence-corrected chi connectivity index (χ2v) is 3.87. The number of halogens is 1. The van der Waals surface area contributed by atoms with Crippen molar-refractivity contribution < 1.29 is 0 Å². The lowest BCUT2D eigenvalue weighted by molar-refractivity contribution is 1.09.